The number of likely N-dealkylation sites (tertiary alicyclic amines) is 3. The standard InChI is InChI=1S/C31H38Cl2N4O4/c1-21-8-9-25(16-29(21)33)37(31(40)41-26-10-14-35(15-11-26)22(2)38)13-5-12-34-17-23-19-36(20-24(23)18-34)30(39)27-6-3-4-7-28(27)32/h3-4,6-9,16,23-24,26H,5,10-15,17-20H2,1-2H3. The second kappa shape index (κ2) is 13.0. The van der Waals surface area contributed by atoms with Crippen molar-refractivity contribution in [1.29, 1.82) is 0 Å². The molecule has 0 N–H and O–H groups in total. The van der Waals surface area contributed by atoms with Crippen LogP contribution < -0.4 is 4.90 Å². The molecule has 3 aliphatic heterocycles. The summed E-state index contributed by atoms with van der Waals surface area (Å²) >= 11 is 12.7. The smallest absolute Gasteiger partial charge is 0.414 e. The number of anilines is 1. The number of benzene rings is 2. The lowest BCUT2D eigenvalue weighted by Crippen LogP contribution is -2.43. The van der Waals surface area contributed by atoms with Gasteiger partial charge in [0, 0.05) is 76.3 Å². The second-order valence-electron chi connectivity index (χ2n) is 11.5. The van der Waals surface area contributed by atoms with Gasteiger partial charge in [-0.3, -0.25) is 14.5 Å². The lowest BCUT2D eigenvalue weighted by Gasteiger charge is -2.32. The first kappa shape index (κ1) is 29.7. The molecule has 0 saturated carbocycles. The van der Waals surface area contributed by atoms with Crippen LogP contribution in [0.15, 0.2) is 42.5 Å². The van der Waals surface area contributed by atoms with Crippen molar-refractivity contribution in [2.45, 2.75) is 39.2 Å². The van der Waals surface area contributed by atoms with E-state index in [1.807, 2.05) is 42.2 Å². The molecule has 41 heavy (non-hydrogen) atoms. The Kier molecular flexibility index (Phi) is 9.42. The number of amides is 3. The van der Waals surface area contributed by atoms with Gasteiger partial charge in [-0.25, -0.2) is 4.79 Å². The molecule has 8 nitrogen and oxygen atoms in total. The highest BCUT2D eigenvalue weighted by atomic mass is 35.5. The maximum Gasteiger partial charge on any atom is 0.414 e. The fourth-order valence-corrected chi connectivity index (χ4v) is 6.66. The molecule has 3 amide bonds. The SMILES string of the molecule is CC(=O)N1CCC(OC(=O)N(CCCN2CC3CN(C(=O)c4ccccc4Cl)CC3C2)c2ccc(C)c(Cl)c2)CC1. The Labute approximate surface area is 252 Å². The van der Waals surface area contributed by atoms with Gasteiger partial charge >= 0.3 is 6.09 Å². The van der Waals surface area contributed by atoms with Crippen molar-refractivity contribution in [3.8, 4) is 0 Å². The zero-order valence-corrected chi connectivity index (χ0v) is 25.2. The van der Waals surface area contributed by atoms with Gasteiger partial charge in [0.15, 0.2) is 0 Å². The number of hydrogen-bond acceptors (Lipinski definition) is 5. The summed E-state index contributed by atoms with van der Waals surface area (Å²) in [6.07, 6.45) is 1.47. The first-order valence-electron chi connectivity index (χ1n) is 14.5. The third kappa shape index (κ3) is 6.99. The summed E-state index contributed by atoms with van der Waals surface area (Å²) in [7, 11) is 0. The minimum Gasteiger partial charge on any atom is -0.446 e. The molecule has 2 unspecified atom stereocenters. The summed E-state index contributed by atoms with van der Waals surface area (Å²) in [6.45, 7) is 9.43. The van der Waals surface area contributed by atoms with Crippen LogP contribution in [0.2, 0.25) is 10.0 Å². The van der Waals surface area contributed by atoms with Gasteiger partial charge in [0.1, 0.15) is 6.10 Å². The lowest BCUT2D eigenvalue weighted by atomic mass is 10.0. The summed E-state index contributed by atoms with van der Waals surface area (Å²) in [4.78, 5) is 45.9. The molecule has 0 radical (unpaired) electrons. The fourth-order valence-electron chi connectivity index (χ4n) is 6.27. The Morgan fingerprint density at radius 2 is 1.61 bits per heavy atom. The van der Waals surface area contributed by atoms with E-state index in [0.717, 1.165) is 50.4 Å². The van der Waals surface area contributed by atoms with Crippen molar-refractivity contribution in [3.05, 3.63) is 63.6 Å². The molecule has 3 aliphatic rings. The molecule has 0 bridgehead atoms. The van der Waals surface area contributed by atoms with Gasteiger partial charge in [0.05, 0.1) is 10.6 Å². The van der Waals surface area contributed by atoms with Crippen LogP contribution in [0.25, 0.3) is 0 Å². The lowest BCUT2D eigenvalue weighted by molar-refractivity contribution is -0.130. The molecule has 2 atom stereocenters. The van der Waals surface area contributed by atoms with Gasteiger partial charge in [0.2, 0.25) is 5.91 Å². The van der Waals surface area contributed by atoms with Gasteiger partial charge in [-0.1, -0.05) is 41.4 Å². The predicted molar refractivity (Wildman–Crippen MR) is 161 cm³/mol. The highest BCUT2D eigenvalue weighted by Gasteiger charge is 2.41. The molecule has 2 aromatic rings. The van der Waals surface area contributed by atoms with Crippen LogP contribution in [0.5, 0.6) is 0 Å². The van der Waals surface area contributed by atoms with Gasteiger partial charge in [0.25, 0.3) is 5.91 Å². The van der Waals surface area contributed by atoms with E-state index in [-0.39, 0.29) is 24.0 Å². The molecule has 10 heteroatoms. The molecular weight excluding hydrogens is 563 g/mol. The molecule has 0 spiro atoms. The van der Waals surface area contributed by atoms with E-state index in [1.165, 1.54) is 0 Å². The van der Waals surface area contributed by atoms with E-state index in [4.69, 9.17) is 27.9 Å². The van der Waals surface area contributed by atoms with Crippen LogP contribution in [0.4, 0.5) is 10.5 Å². The number of hydrogen-bond donors (Lipinski definition) is 0. The Morgan fingerprint density at radius 1 is 0.927 bits per heavy atom. The van der Waals surface area contributed by atoms with Crippen molar-refractivity contribution in [1.82, 2.24) is 14.7 Å². The maximum atomic E-state index is 13.4. The van der Waals surface area contributed by atoms with Gasteiger partial charge in [-0.2, -0.15) is 0 Å². The normalized spacial score (nSPS) is 21.2. The number of piperidine rings is 1. The first-order chi connectivity index (χ1) is 19.7. The van der Waals surface area contributed by atoms with Crippen molar-refractivity contribution >= 4 is 46.8 Å². The largest absolute Gasteiger partial charge is 0.446 e. The number of nitrogens with zero attached hydrogens (tertiary/aromatic N) is 4. The molecular formula is C31H38Cl2N4O4. The maximum absolute atomic E-state index is 13.4. The topological polar surface area (TPSA) is 73.4 Å². The van der Waals surface area contributed by atoms with Crippen molar-refractivity contribution in [2.24, 2.45) is 11.8 Å². The van der Waals surface area contributed by atoms with Crippen molar-refractivity contribution in [2.75, 3.05) is 57.3 Å². The highest BCUT2D eigenvalue weighted by molar-refractivity contribution is 6.33. The average Bonchev–Trinajstić information content (AvgIpc) is 3.52. The number of fused-ring (bicyclic) bond motifs is 1. The molecule has 0 aromatic heterocycles. The minimum absolute atomic E-state index is 0.00873. The molecule has 0 aliphatic carbocycles. The molecule has 3 fully saturated rings. The average molecular weight is 602 g/mol. The zero-order chi connectivity index (χ0) is 29.1. The summed E-state index contributed by atoms with van der Waals surface area (Å²) < 4.78 is 5.91. The molecule has 5 rings (SSSR count). The number of halogens is 2. The van der Waals surface area contributed by atoms with Crippen LogP contribution in [-0.4, -0.2) is 91.1 Å². The van der Waals surface area contributed by atoms with Crippen LogP contribution >= 0.6 is 23.2 Å². The molecule has 3 saturated heterocycles. The number of rotatable bonds is 7. The third-order valence-corrected chi connectivity index (χ3v) is 9.39. The highest BCUT2D eigenvalue weighted by Crippen LogP contribution is 2.33. The van der Waals surface area contributed by atoms with E-state index in [9.17, 15) is 14.4 Å². The van der Waals surface area contributed by atoms with Crippen LogP contribution in [0.3, 0.4) is 0 Å². The van der Waals surface area contributed by atoms with E-state index in [1.54, 1.807) is 28.9 Å². The van der Waals surface area contributed by atoms with Gasteiger partial charge in [-0.15, -0.1) is 0 Å². The van der Waals surface area contributed by atoms with E-state index >= 15 is 0 Å². The summed E-state index contributed by atoms with van der Waals surface area (Å²) in [5.41, 5.74) is 2.24. The fraction of sp³-hybridized carbons (Fsp3) is 0.516. The summed E-state index contributed by atoms with van der Waals surface area (Å²) in [6, 6.07) is 12.9. The molecule has 220 valence electrons. The van der Waals surface area contributed by atoms with Crippen molar-refractivity contribution in [3.63, 3.8) is 0 Å². The monoisotopic (exact) mass is 600 g/mol. The quantitative estimate of drug-likeness (QED) is 0.428. The minimum atomic E-state index is -0.377. The van der Waals surface area contributed by atoms with Crippen LogP contribution in [0, 0.1) is 18.8 Å². The van der Waals surface area contributed by atoms with E-state index in [0.29, 0.717) is 59.9 Å². The van der Waals surface area contributed by atoms with Crippen LogP contribution in [0.1, 0.15) is 42.1 Å². The Balaban J connectivity index is 1.14. The van der Waals surface area contributed by atoms with E-state index in [2.05, 4.69) is 4.90 Å². The number of aryl methyl sites for hydroxylation is 1. The predicted octanol–water partition coefficient (Wildman–Crippen LogP) is 5.35. The third-order valence-electron chi connectivity index (χ3n) is 8.65. The summed E-state index contributed by atoms with van der Waals surface area (Å²) in [5, 5.41) is 1.11. The molecule has 2 aromatic carbocycles. The van der Waals surface area contributed by atoms with Crippen LogP contribution in [-0.2, 0) is 9.53 Å². The number of carbonyl (C=O) groups is 3. The summed E-state index contributed by atoms with van der Waals surface area (Å²) in [5.74, 6) is 0.949. The first-order valence-corrected chi connectivity index (χ1v) is 15.2. The Hall–Kier alpha value is -2.81. The Morgan fingerprint density at radius 3 is 2.24 bits per heavy atom. The number of ether oxygens (including phenoxy) is 1. The molecule has 3 heterocycles. The van der Waals surface area contributed by atoms with Gasteiger partial charge in [-0.05, 0) is 61.6 Å². The van der Waals surface area contributed by atoms with Crippen molar-refractivity contribution < 1.29 is 19.1 Å². The van der Waals surface area contributed by atoms with Gasteiger partial charge < -0.3 is 19.4 Å². The second-order valence-corrected chi connectivity index (χ2v) is 12.3. The Bertz CT molecular complexity index is 1270. The zero-order valence-electron chi connectivity index (χ0n) is 23.7. The van der Waals surface area contributed by atoms with E-state index < -0.39 is 0 Å². The number of carbonyl (C=O) groups excluding carboxylic acids is 3.